The van der Waals surface area contributed by atoms with Crippen LogP contribution in [0.25, 0.3) is 0 Å². The maximum atomic E-state index is 13.0. The van der Waals surface area contributed by atoms with Crippen LogP contribution in [0.15, 0.2) is 24.3 Å². The molecule has 20 heavy (non-hydrogen) atoms. The van der Waals surface area contributed by atoms with E-state index in [0.717, 1.165) is 32.0 Å². The zero-order chi connectivity index (χ0) is 14.3. The van der Waals surface area contributed by atoms with Crippen LogP contribution in [0.3, 0.4) is 0 Å². The topological polar surface area (TPSA) is 29.3 Å². The highest BCUT2D eigenvalue weighted by atomic mass is 19.4. The van der Waals surface area contributed by atoms with Crippen LogP contribution in [0.4, 0.5) is 13.2 Å². The average molecular weight is 284 g/mol. The molecule has 0 spiro atoms. The van der Waals surface area contributed by atoms with Crippen LogP contribution in [0.1, 0.15) is 24.0 Å². The fraction of sp³-hybridized carbons (Fsp3) is 0.600. The molecule has 2 N–H and O–H groups in total. The lowest BCUT2D eigenvalue weighted by atomic mass is 9.77. The average Bonchev–Trinajstić information content (AvgIpc) is 2.43. The van der Waals surface area contributed by atoms with Crippen LogP contribution in [0, 0.1) is 5.92 Å². The van der Waals surface area contributed by atoms with Crippen molar-refractivity contribution in [2.75, 3.05) is 13.1 Å². The Labute approximate surface area is 116 Å². The van der Waals surface area contributed by atoms with Crippen LogP contribution >= 0.6 is 0 Å². The first-order valence-electron chi connectivity index (χ1n) is 7.11. The molecule has 4 rings (SSSR count). The van der Waals surface area contributed by atoms with Crippen LogP contribution in [0.5, 0.6) is 0 Å². The third kappa shape index (κ3) is 2.44. The van der Waals surface area contributed by atoms with Crippen molar-refractivity contribution in [3.05, 3.63) is 35.4 Å². The molecule has 3 aliphatic heterocycles. The van der Waals surface area contributed by atoms with E-state index in [2.05, 4.69) is 4.90 Å². The normalized spacial score (nSPS) is 33.4. The molecule has 2 bridgehead atoms. The van der Waals surface area contributed by atoms with Gasteiger partial charge >= 0.3 is 6.18 Å². The van der Waals surface area contributed by atoms with Crippen molar-refractivity contribution in [2.24, 2.45) is 11.7 Å². The van der Waals surface area contributed by atoms with Gasteiger partial charge in [-0.1, -0.05) is 18.2 Å². The fourth-order valence-corrected chi connectivity index (χ4v) is 3.66. The number of nitrogens with two attached hydrogens (primary N) is 1. The van der Waals surface area contributed by atoms with E-state index in [0.29, 0.717) is 17.9 Å². The van der Waals surface area contributed by atoms with Gasteiger partial charge in [-0.25, -0.2) is 0 Å². The van der Waals surface area contributed by atoms with Crippen molar-refractivity contribution in [1.29, 1.82) is 0 Å². The summed E-state index contributed by atoms with van der Waals surface area (Å²) in [5.74, 6) is 0.475. The minimum Gasteiger partial charge on any atom is -0.326 e. The zero-order valence-corrected chi connectivity index (χ0v) is 11.2. The second-order valence-corrected chi connectivity index (χ2v) is 5.88. The molecule has 2 atom stereocenters. The molecule has 5 heteroatoms. The summed E-state index contributed by atoms with van der Waals surface area (Å²) in [6.45, 7) is 1.94. The van der Waals surface area contributed by atoms with Gasteiger partial charge in [0.25, 0.3) is 0 Å². The number of nitrogens with zero attached hydrogens (tertiary/aromatic N) is 1. The quantitative estimate of drug-likeness (QED) is 0.904. The van der Waals surface area contributed by atoms with E-state index in [9.17, 15) is 13.2 Å². The maximum Gasteiger partial charge on any atom is 0.416 e. The van der Waals surface area contributed by atoms with E-state index in [1.807, 2.05) is 0 Å². The predicted molar refractivity (Wildman–Crippen MR) is 71.2 cm³/mol. The third-order valence-electron chi connectivity index (χ3n) is 4.78. The molecule has 0 aromatic heterocycles. The number of fused-ring (bicyclic) bond motifs is 3. The minimum absolute atomic E-state index is 0.00112. The molecule has 1 aromatic carbocycles. The Hall–Kier alpha value is -1.07. The Bertz CT molecular complexity index is 476. The van der Waals surface area contributed by atoms with E-state index in [4.69, 9.17) is 5.73 Å². The summed E-state index contributed by atoms with van der Waals surface area (Å²) in [5, 5.41) is 0. The van der Waals surface area contributed by atoms with Gasteiger partial charge in [0.1, 0.15) is 0 Å². The van der Waals surface area contributed by atoms with Crippen molar-refractivity contribution in [3.63, 3.8) is 0 Å². The summed E-state index contributed by atoms with van der Waals surface area (Å²) in [5.41, 5.74) is 6.10. The van der Waals surface area contributed by atoms with Crippen molar-refractivity contribution in [3.8, 4) is 0 Å². The Morgan fingerprint density at radius 1 is 1.15 bits per heavy atom. The molecule has 0 saturated carbocycles. The lowest BCUT2D eigenvalue weighted by Gasteiger charge is -2.50. The van der Waals surface area contributed by atoms with Gasteiger partial charge in [-0.3, -0.25) is 4.90 Å². The van der Waals surface area contributed by atoms with Crippen molar-refractivity contribution < 1.29 is 13.2 Å². The number of alkyl halides is 3. The van der Waals surface area contributed by atoms with E-state index in [1.54, 1.807) is 12.1 Å². The molecular weight excluding hydrogens is 265 g/mol. The Balaban J connectivity index is 1.85. The molecule has 0 amide bonds. The Morgan fingerprint density at radius 3 is 2.40 bits per heavy atom. The van der Waals surface area contributed by atoms with Crippen LogP contribution in [0.2, 0.25) is 0 Å². The molecule has 3 fully saturated rings. The largest absolute Gasteiger partial charge is 0.416 e. The van der Waals surface area contributed by atoms with Gasteiger partial charge in [0.2, 0.25) is 0 Å². The summed E-state index contributed by atoms with van der Waals surface area (Å²) in [7, 11) is 0. The first kappa shape index (κ1) is 13.9. The number of benzene rings is 1. The predicted octanol–water partition coefficient (Wildman–Crippen LogP) is 2.67. The highest BCUT2D eigenvalue weighted by Crippen LogP contribution is 2.36. The molecule has 3 heterocycles. The van der Waals surface area contributed by atoms with E-state index in [1.165, 1.54) is 6.07 Å². The summed E-state index contributed by atoms with van der Waals surface area (Å²) in [6.07, 6.45) is -1.73. The first-order valence-corrected chi connectivity index (χ1v) is 7.11. The van der Waals surface area contributed by atoms with Crippen molar-refractivity contribution >= 4 is 0 Å². The van der Waals surface area contributed by atoms with Gasteiger partial charge in [0, 0.05) is 12.1 Å². The van der Waals surface area contributed by atoms with E-state index in [-0.39, 0.29) is 12.1 Å². The number of hydrogen-bond acceptors (Lipinski definition) is 2. The molecular formula is C15H19F3N2. The van der Waals surface area contributed by atoms with Gasteiger partial charge in [-0.05, 0) is 49.9 Å². The third-order valence-corrected chi connectivity index (χ3v) is 4.78. The Morgan fingerprint density at radius 2 is 1.80 bits per heavy atom. The molecule has 2 nitrogen and oxygen atoms in total. The lowest BCUT2D eigenvalue weighted by Crippen LogP contribution is -2.61. The summed E-state index contributed by atoms with van der Waals surface area (Å²) in [4.78, 5) is 2.26. The maximum absolute atomic E-state index is 13.0. The second-order valence-electron chi connectivity index (χ2n) is 5.88. The molecule has 3 saturated heterocycles. The van der Waals surface area contributed by atoms with Crippen molar-refractivity contribution in [2.45, 2.75) is 37.5 Å². The highest BCUT2D eigenvalue weighted by molar-refractivity contribution is 5.31. The first-order chi connectivity index (χ1) is 9.47. The second kappa shape index (κ2) is 5.04. The SMILES string of the molecule is NC1C2CCN(CC2)C1Cc1ccccc1C(F)(F)F. The summed E-state index contributed by atoms with van der Waals surface area (Å²) >= 11 is 0. The lowest BCUT2D eigenvalue weighted by molar-refractivity contribution is -0.138. The van der Waals surface area contributed by atoms with Crippen LogP contribution in [-0.2, 0) is 12.6 Å². The zero-order valence-electron chi connectivity index (χ0n) is 11.2. The monoisotopic (exact) mass is 284 g/mol. The number of piperidine rings is 3. The van der Waals surface area contributed by atoms with Crippen molar-refractivity contribution in [1.82, 2.24) is 4.90 Å². The van der Waals surface area contributed by atoms with Gasteiger partial charge in [0.15, 0.2) is 0 Å². The fourth-order valence-electron chi connectivity index (χ4n) is 3.66. The standard InChI is InChI=1S/C15H19F3N2/c16-15(17,18)12-4-2-1-3-11(12)9-13-14(19)10-5-7-20(13)8-6-10/h1-4,10,13-14H,5-9,19H2. The van der Waals surface area contributed by atoms with Gasteiger partial charge in [-0.2, -0.15) is 13.2 Å². The van der Waals surface area contributed by atoms with Crippen LogP contribution < -0.4 is 5.73 Å². The summed E-state index contributed by atoms with van der Waals surface area (Å²) in [6, 6.07) is 5.91. The molecule has 0 radical (unpaired) electrons. The highest BCUT2D eigenvalue weighted by Gasteiger charge is 2.41. The number of hydrogen-bond donors (Lipinski definition) is 1. The molecule has 0 aliphatic carbocycles. The Kier molecular flexibility index (Phi) is 3.50. The molecule has 1 aromatic rings. The smallest absolute Gasteiger partial charge is 0.326 e. The van der Waals surface area contributed by atoms with E-state index >= 15 is 0 Å². The summed E-state index contributed by atoms with van der Waals surface area (Å²) < 4.78 is 39.1. The minimum atomic E-state index is -4.29. The number of halogens is 3. The van der Waals surface area contributed by atoms with Crippen LogP contribution in [-0.4, -0.2) is 30.1 Å². The number of rotatable bonds is 2. The van der Waals surface area contributed by atoms with Gasteiger partial charge in [0.05, 0.1) is 5.56 Å². The van der Waals surface area contributed by atoms with E-state index < -0.39 is 11.7 Å². The van der Waals surface area contributed by atoms with Gasteiger partial charge in [-0.15, -0.1) is 0 Å². The van der Waals surface area contributed by atoms with Gasteiger partial charge < -0.3 is 5.73 Å². The molecule has 3 aliphatic rings. The molecule has 110 valence electrons. The molecule has 2 unspecified atom stereocenters.